The zero-order valence-electron chi connectivity index (χ0n) is 18.7. The summed E-state index contributed by atoms with van der Waals surface area (Å²) in [4.78, 5) is 26.2. The summed E-state index contributed by atoms with van der Waals surface area (Å²) in [6, 6.07) is 11.6. The molecule has 1 aliphatic heterocycles. The van der Waals surface area contributed by atoms with Crippen molar-refractivity contribution in [3.8, 4) is 0 Å². The molecule has 8 nitrogen and oxygen atoms in total. The lowest BCUT2D eigenvalue weighted by molar-refractivity contribution is -0.122. The van der Waals surface area contributed by atoms with Gasteiger partial charge in [-0.25, -0.2) is 13.1 Å². The Morgan fingerprint density at radius 1 is 1.18 bits per heavy atom. The van der Waals surface area contributed by atoms with Gasteiger partial charge in [-0.3, -0.25) is 9.59 Å². The smallest absolute Gasteiger partial charge is 0.255 e. The predicted octanol–water partition coefficient (Wildman–Crippen LogP) is 3.48. The van der Waals surface area contributed by atoms with E-state index in [2.05, 4.69) is 26.0 Å². The highest BCUT2D eigenvalue weighted by atomic mass is 79.9. The van der Waals surface area contributed by atoms with Crippen molar-refractivity contribution in [3.05, 3.63) is 52.5 Å². The number of anilines is 2. The second-order valence-corrected chi connectivity index (χ2v) is 10.8. The van der Waals surface area contributed by atoms with Crippen LogP contribution < -0.4 is 20.7 Å². The largest absolute Gasteiger partial charge is 0.370 e. The minimum absolute atomic E-state index is 0.0902. The highest BCUT2D eigenvalue weighted by molar-refractivity contribution is 9.10. The zero-order chi connectivity index (χ0) is 24.2. The van der Waals surface area contributed by atoms with Crippen molar-refractivity contribution in [3.63, 3.8) is 0 Å². The maximum atomic E-state index is 13.3. The van der Waals surface area contributed by atoms with E-state index in [1.165, 1.54) is 6.07 Å². The number of hydrogen-bond acceptors (Lipinski definition) is 5. The van der Waals surface area contributed by atoms with Gasteiger partial charge in [-0.05, 0) is 62.6 Å². The maximum Gasteiger partial charge on any atom is 0.255 e. The lowest BCUT2D eigenvalue weighted by Crippen LogP contribution is -2.40. The second kappa shape index (κ2) is 10.7. The zero-order valence-corrected chi connectivity index (χ0v) is 21.1. The molecule has 178 valence electrons. The third-order valence-electron chi connectivity index (χ3n) is 5.80. The van der Waals surface area contributed by atoms with E-state index >= 15 is 0 Å². The number of hydrogen-bond donors (Lipinski definition) is 3. The number of carbonyl (C=O) groups excluding carboxylic acids is 2. The molecule has 2 aromatic carbocycles. The normalized spacial score (nSPS) is 15.8. The molecule has 3 rings (SSSR count). The number of carbonyl (C=O) groups is 2. The lowest BCUT2D eigenvalue weighted by atomic mass is 9.96. The van der Waals surface area contributed by atoms with Crippen LogP contribution >= 0.6 is 15.9 Å². The first kappa shape index (κ1) is 25.2. The third-order valence-corrected chi connectivity index (χ3v) is 7.91. The number of primary amides is 1. The van der Waals surface area contributed by atoms with Crippen molar-refractivity contribution in [2.24, 2.45) is 11.7 Å². The Morgan fingerprint density at radius 3 is 2.48 bits per heavy atom. The van der Waals surface area contributed by atoms with Crippen molar-refractivity contribution in [1.29, 1.82) is 0 Å². The predicted molar refractivity (Wildman–Crippen MR) is 133 cm³/mol. The number of halogens is 1. The minimum Gasteiger partial charge on any atom is -0.370 e. The van der Waals surface area contributed by atoms with E-state index in [9.17, 15) is 18.0 Å². The number of piperidine rings is 1. The number of rotatable bonds is 8. The Hall–Kier alpha value is -2.43. The van der Waals surface area contributed by atoms with Crippen molar-refractivity contribution in [1.82, 2.24) is 4.72 Å². The monoisotopic (exact) mass is 536 g/mol. The fourth-order valence-corrected chi connectivity index (χ4v) is 5.70. The molecule has 0 radical (unpaired) electrons. The summed E-state index contributed by atoms with van der Waals surface area (Å²) in [7, 11) is -3.85. The van der Waals surface area contributed by atoms with Crippen LogP contribution in [0, 0.1) is 5.92 Å². The molecular weight excluding hydrogens is 508 g/mol. The quantitative estimate of drug-likeness (QED) is 0.476. The molecule has 4 N–H and O–H groups in total. The molecular formula is C23H29BrN4O4S. The molecule has 1 aliphatic rings. The first-order chi connectivity index (χ1) is 15.6. The van der Waals surface area contributed by atoms with Crippen molar-refractivity contribution >= 4 is 49.1 Å². The lowest BCUT2D eigenvalue weighted by Gasteiger charge is -2.33. The van der Waals surface area contributed by atoms with Gasteiger partial charge in [0.1, 0.15) is 4.90 Å². The van der Waals surface area contributed by atoms with Crippen molar-refractivity contribution in [2.45, 2.75) is 44.0 Å². The van der Waals surface area contributed by atoms with Crippen molar-refractivity contribution < 1.29 is 18.0 Å². The molecule has 10 heteroatoms. The van der Waals surface area contributed by atoms with Gasteiger partial charge in [0.2, 0.25) is 15.9 Å². The average Bonchev–Trinajstić information content (AvgIpc) is 2.78. The number of amides is 2. The number of nitrogens with one attached hydrogen (secondary N) is 2. The Morgan fingerprint density at radius 2 is 1.88 bits per heavy atom. The molecule has 0 saturated carbocycles. The summed E-state index contributed by atoms with van der Waals surface area (Å²) in [6.07, 6.45) is 1.77. The Bertz CT molecular complexity index is 1130. The summed E-state index contributed by atoms with van der Waals surface area (Å²) in [5, 5.41) is 2.79. The molecule has 2 amide bonds. The first-order valence-electron chi connectivity index (χ1n) is 10.9. The second-order valence-electron chi connectivity index (χ2n) is 8.24. The summed E-state index contributed by atoms with van der Waals surface area (Å²) in [5.41, 5.74) is 6.80. The van der Waals surface area contributed by atoms with Gasteiger partial charge in [0.25, 0.3) is 5.91 Å². The van der Waals surface area contributed by atoms with Gasteiger partial charge in [-0.15, -0.1) is 0 Å². The molecule has 1 fully saturated rings. The van der Waals surface area contributed by atoms with Crippen LogP contribution in [0.15, 0.2) is 51.8 Å². The molecule has 0 bridgehead atoms. The van der Waals surface area contributed by atoms with E-state index in [0.717, 1.165) is 4.47 Å². The van der Waals surface area contributed by atoms with Gasteiger partial charge in [-0.1, -0.05) is 28.9 Å². The Labute approximate surface area is 203 Å². The minimum atomic E-state index is -3.85. The molecule has 33 heavy (non-hydrogen) atoms. The Kier molecular flexibility index (Phi) is 8.14. The highest BCUT2D eigenvalue weighted by Crippen LogP contribution is 2.32. The number of nitrogens with zero attached hydrogens (tertiary/aromatic N) is 1. The van der Waals surface area contributed by atoms with Gasteiger partial charge in [0.05, 0.1) is 5.69 Å². The van der Waals surface area contributed by atoms with Gasteiger partial charge in [-0.2, -0.15) is 0 Å². The summed E-state index contributed by atoms with van der Waals surface area (Å²) >= 11 is 3.35. The van der Waals surface area contributed by atoms with Crippen LogP contribution in [0.3, 0.4) is 0 Å². The van der Waals surface area contributed by atoms with Gasteiger partial charge >= 0.3 is 0 Å². The molecule has 0 aliphatic carbocycles. The van der Waals surface area contributed by atoms with E-state index in [1.54, 1.807) is 37.3 Å². The number of sulfonamides is 1. The van der Waals surface area contributed by atoms with E-state index in [4.69, 9.17) is 5.73 Å². The fourth-order valence-electron chi connectivity index (χ4n) is 3.72. The molecule has 1 atom stereocenters. The van der Waals surface area contributed by atoms with Crippen LogP contribution in [0.1, 0.15) is 43.5 Å². The number of benzene rings is 2. The highest BCUT2D eigenvalue weighted by Gasteiger charge is 2.28. The average molecular weight is 537 g/mol. The topological polar surface area (TPSA) is 122 Å². The standard InChI is InChI=1S/C23H29BrN4O4S/c1-3-15(2)27-33(31,32)21-14-19(26-23(30)17-5-4-6-18(24)13-17)7-8-20(21)28-11-9-16(10-12-28)22(25)29/h4-8,13-16,27H,3,9-12H2,1-2H3,(H2,25,29)(H,26,30)/t15-/m1/s1. The summed E-state index contributed by atoms with van der Waals surface area (Å²) < 4.78 is 30.0. The number of nitrogens with two attached hydrogens (primary N) is 1. The van der Waals surface area contributed by atoms with Gasteiger partial charge < -0.3 is 16.0 Å². The molecule has 2 aromatic rings. The van der Waals surface area contributed by atoms with E-state index in [-0.39, 0.29) is 28.7 Å². The van der Waals surface area contributed by atoms with E-state index in [1.807, 2.05) is 17.9 Å². The third kappa shape index (κ3) is 6.33. The molecule has 1 saturated heterocycles. The van der Waals surface area contributed by atoms with Crippen LogP contribution in [0.2, 0.25) is 0 Å². The molecule has 0 aromatic heterocycles. The van der Waals surface area contributed by atoms with Gasteiger partial charge in [0.15, 0.2) is 0 Å². The Balaban J connectivity index is 1.93. The first-order valence-corrected chi connectivity index (χ1v) is 13.2. The van der Waals surface area contributed by atoms with Crippen LogP contribution in [0.25, 0.3) is 0 Å². The van der Waals surface area contributed by atoms with Crippen molar-refractivity contribution in [2.75, 3.05) is 23.3 Å². The maximum absolute atomic E-state index is 13.3. The summed E-state index contributed by atoms with van der Waals surface area (Å²) in [5.74, 6) is -0.876. The van der Waals surface area contributed by atoms with E-state index in [0.29, 0.717) is 49.3 Å². The summed E-state index contributed by atoms with van der Waals surface area (Å²) in [6.45, 7) is 4.73. The van der Waals surface area contributed by atoms with Crippen LogP contribution in [0.4, 0.5) is 11.4 Å². The SMILES string of the molecule is CC[C@@H](C)NS(=O)(=O)c1cc(NC(=O)c2cccc(Br)c2)ccc1N1CCC(C(N)=O)CC1. The van der Waals surface area contributed by atoms with Crippen LogP contribution in [-0.2, 0) is 14.8 Å². The fraction of sp³-hybridized carbons (Fsp3) is 0.391. The van der Waals surface area contributed by atoms with Gasteiger partial charge in [0, 0.05) is 40.8 Å². The molecule has 0 spiro atoms. The van der Waals surface area contributed by atoms with E-state index < -0.39 is 10.0 Å². The van der Waals surface area contributed by atoms with Crippen LogP contribution in [-0.4, -0.2) is 39.4 Å². The van der Waals surface area contributed by atoms with Crippen LogP contribution in [0.5, 0.6) is 0 Å². The molecule has 0 unspecified atom stereocenters. The molecule has 1 heterocycles.